The van der Waals surface area contributed by atoms with E-state index in [1.807, 2.05) is 6.07 Å². The number of likely N-dealkylation sites (tertiary alicyclic amines) is 1. The molecule has 0 amide bonds. The van der Waals surface area contributed by atoms with E-state index in [4.69, 9.17) is 15.2 Å². The first-order valence-corrected chi connectivity index (χ1v) is 7.94. The first-order chi connectivity index (χ1) is 10.1. The molecule has 4 nitrogen and oxygen atoms in total. The fraction of sp³-hybridized carbons (Fsp3) is 0.647. The minimum absolute atomic E-state index is 0.0217. The highest BCUT2D eigenvalue weighted by atomic mass is 16.7. The SMILES string of the molecule is CC1CCN(C(C)(CN)Cc2ccc3c(c2)OCO3)CC1. The van der Waals surface area contributed by atoms with Crippen LogP contribution in [0.5, 0.6) is 11.5 Å². The third-order valence-electron chi connectivity index (χ3n) is 5.01. The molecule has 0 spiro atoms. The van der Waals surface area contributed by atoms with Crippen LogP contribution < -0.4 is 15.2 Å². The van der Waals surface area contributed by atoms with E-state index in [1.54, 1.807) is 0 Å². The number of hydrogen-bond donors (Lipinski definition) is 1. The zero-order valence-corrected chi connectivity index (χ0v) is 13.1. The van der Waals surface area contributed by atoms with E-state index in [2.05, 4.69) is 30.9 Å². The lowest BCUT2D eigenvalue weighted by Crippen LogP contribution is -2.55. The molecule has 2 aliphatic heterocycles. The third kappa shape index (κ3) is 3.01. The molecule has 0 saturated carbocycles. The molecule has 116 valence electrons. The van der Waals surface area contributed by atoms with Gasteiger partial charge in [-0.3, -0.25) is 4.90 Å². The van der Waals surface area contributed by atoms with E-state index in [1.165, 1.54) is 18.4 Å². The van der Waals surface area contributed by atoms with Gasteiger partial charge in [0.15, 0.2) is 11.5 Å². The van der Waals surface area contributed by atoms with Gasteiger partial charge in [-0.2, -0.15) is 0 Å². The van der Waals surface area contributed by atoms with Crippen molar-refractivity contribution in [3.63, 3.8) is 0 Å². The zero-order valence-electron chi connectivity index (χ0n) is 13.1. The fourth-order valence-electron chi connectivity index (χ4n) is 3.35. The van der Waals surface area contributed by atoms with Crippen LogP contribution in [0.25, 0.3) is 0 Å². The second-order valence-corrected chi connectivity index (χ2v) is 6.74. The molecule has 1 saturated heterocycles. The minimum Gasteiger partial charge on any atom is -0.454 e. The molecule has 2 heterocycles. The summed E-state index contributed by atoms with van der Waals surface area (Å²) < 4.78 is 10.9. The quantitative estimate of drug-likeness (QED) is 0.925. The summed E-state index contributed by atoms with van der Waals surface area (Å²) in [6.07, 6.45) is 3.50. The van der Waals surface area contributed by atoms with E-state index < -0.39 is 0 Å². The maximum Gasteiger partial charge on any atom is 0.231 e. The topological polar surface area (TPSA) is 47.7 Å². The van der Waals surface area contributed by atoms with Gasteiger partial charge < -0.3 is 15.2 Å². The summed E-state index contributed by atoms with van der Waals surface area (Å²) in [5, 5.41) is 0. The highest BCUT2D eigenvalue weighted by Gasteiger charge is 2.33. The van der Waals surface area contributed by atoms with Gasteiger partial charge in [-0.05, 0) is 62.9 Å². The predicted octanol–water partition coefficient (Wildman–Crippen LogP) is 2.41. The minimum atomic E-state index is 0.0217. The molecule has 0 radical (unpaired) electrons. The van der Waals surface area contributed by atoms with E-state index in [0.29, 0.717) is 13.3 Å². The molecule has 1 aromatic carbocycles. The molecule has 0 aliphatic carbocycles. The van der Waals surface area contributed by atoms with Gasteiger partial charge in [-0.15, -0.1) is 0 Å². The molecule has 0 bridgehead atoms. The van der Waals surface area contributed by atoms with Gasteiger partial charge >= 0.3 is 0 Å². The molecule has 2 aliphatic rings. The molecule has 4 heteroatoms. The highest BCUT2D eigenvalue weighted by Crippen LogP contribution is 2.34. The van der Waals surface area contributed by atoms with Crippen molar-refractivity contribution in [2.45, 2.75) is 38.6 Å². The number of benzene rings is 1. The summed E-state index contributed by atoms with van der Waals surface area (Å²) in [6.45, 7) is 7.94. The molecule has 1 aromatic rings. The number of rotatable bonds is 4. The first kappa shape index (κ1) is 14.7. The summed E-state index contributed by atoms with van der Waals surface area (Å²) in [5.74, 6) is 2.55. The molecule has 1 unspecified atom stereocenters. The molecule has 1 atom stereocenters. The molecule has 3 rings (SSSR count). The molecule has 1 fully saturated rings. The Labute approximate surface area is 127 Å². The second kappa shape index (κ2) is 5.85. The Morgan fingerprint density at radius 3 is 2.67 bits per heavy atom. The van der Waals surface area contributed by atoms with Crippen molar-refractivity contribution in [3.05, 3.63) is 23.8 Å². The van der Waals surface area contributed by atoms with Crippen LogP contribution in [0.15, 0.2) is 18.2 Å². The number of fused-ring (bicyclic) bond motifs is 1. The van der Waals surface area contributed by atoms with Gasteiger partial charge in [0.2, 0.25) is 6.79 Å². The van der Waals surface area contributed by atoms with Crippen molar-refractivity contribution >= 4 is 0 Å². The normalized spacial score (nSPS) is 22.2. The number of hydrogen-bond acceptors (Lipinski definition) is 4. The lowest BCUT2D eigenvalue weighted by atomic mass is 9.87. The summed E-state index contributed by atoms with van der Waals surface area (Å²) in [6, 6.07) is 6.24. The standard InChI is InChI=1S/C17H26N2O2/c1-13-5-7-19(8-6-13)17(2,11-18)10-14-3-4-15-16(9-14)21-12-20-15/h3-4,9,13H,5-8,10-12,18H2,1-2H3. The summed E-state index contributed by atoms with van der Waals surface area (Å²) >= 11 is 0. The van der Waals surface area contributed by atoms with Crippen molar-refractivity contribution in [2.75, 3.05) is 26.4 Å². The van der Waals surface area contributed by atoms with E-state index >= 15 is 0 Å². The first-order valence-electron chi connectivity index (χ1n) is 7.94. The Balaban J connectivity index is 1.74. The van der Waals surface area contributed by atoms with Crippen LogP contribution in [0.4, 0.5) is 0 Å². The Bertz CT molecular complexity index is 498. The lowest BCUT2D eigenvalue weighted by Gasteiger charge is -2.44. The summed E-state index contributed by atoms with van der Waals surface area (Å²) in [7, 11) is 0. The maximum absolute atomic E-state index is 6.14. The summed E-state index contributed by atoms with van der Waals surface area (Å²) in [5.41, 5.74) is 7.43. The van der Waals surface area contributed by atoms with Gasteiger partial charge in [0.1, 0.15) is 0 Å². The summed E-state index contributed by atoms with van der Waals surface area (Å²) in [4.78, 5) is 2.57. The van der Waals surface area contributed by atoms with Gasteiger partial charge in [0.25, 0.3) is 0 Å². The number of piperidine rings is 1. The average Bonchev–Trinajstić information content (AvgIpc) is 2.95. The van der Waals surface area contributed by atoms with Crippen LogP contribution in [0.1, 0.15) is 32.3 Å². The molecule has 21 heavy (non-hydrogen) atoms. The van der Waals surface area contributed by atoms with E-state index in [0.717, 1.165) is 36.9 Å². The van der Waals surface area contributed by atoms with Gasteiger partial charge in [-0.1, -0.05) is 13.0 Å². The van der Waals surface area contributed by atoms with Crippen LogP contribution in [0.3, 0.4) is 0 Å². The van der Waals surface area contributed by atoms with Crippen molar-refractivity contribution in [3.8, 4) is 11.5 Å². The maximum atomic E-state index is 6.14. The van der Waals surface area contributed by atoms with Crippen LogP contribution in [-0.4, -0.2) is 36.9 Å². The van der Waals surface area contributed by atoms with Crippen LogP contribution in [-0.2, 0) is 6.42 Å². The van der Waals surface area contributed by atoms with Crippen LogP contribution in [0, 0.1) is 5.92 Å². The Morgan fingerprint density at radius 1 is 1.24 bits per heavy atom. The third-order valence-corrected chi connectivity index (χ3v) is 5.01. The van der Waals surface area contributed by atoms with E-state index in [9.17, 15) is 0 Å². The largest absolute Gasteiger partial charge is 0.454 e. The lowest BCUT2D eigenvalue weighted by molar-refractivity contribution is 0.0708. The van der Waals surface area contributed by atoms with Gasteiger partial charge in [0, 0.05) is 12.1 Å². The Kier molecular flexibility index (Phi) is 4.09. The highest BCUT2D eigenvalue weighted by molar-refractivity contribution is 5.44. The zero-order chi connectivity index (χ0) is 14.9. The second-order valence-electron chi connectivity index (χ2n) is 6.74. The van der Waals surface area contributed by atoms with Crippen LogP contribution >= 0.6 is 0 Å². The predicted molar refractivity (Wildman–Crippen MR) is 83.7 cm³/mol. The average molecular weight is 290 g/mol. The fourth-order valence-corrected chi connectivity index (χ4v) is 3.35. The smallest absolute Gasteiger partial charge is 0.231 e. The molecular formula is C17H26N2O2. The van der Waals surface area contributed by atoms with Gasteiger partial charge in [0.05, 0.1) is 0 Å². The molecular weight excluding hydrogens is 264 g/mol. The number of nitrogens with two attached hydrogens (primary N) is 1. The molecule has 2 N–H and O–H groups in total. The van der Waals surface area contributed by atoms with Crippen molar-refractivity contribution < 1.29 is 9.47 Å². The Morgan fingerprint density at radius 2 is 1.95 bits per heavy atom. The van der Waals surface area contributed by atoms with Crippen molar-refractivity contribution in [1.29, 1.82) is 0 Å². The monoisotopic (exact) mass is 290 g/mol. The number of nitrogens with zero attached hydrogens (tertiary/aromatic N) is 1. The van der Waals surface area contributed by atoms with E-state index in [-0.39, 0.29) is 5.54 Å². The van der Waals surface area contributed by atoms with Gasteiger partial charge in [-0.25, -0.2) is 0 Å². The number of ether oxygens (including phenoxy) is 2. The molecule has 0 aromatic heterocycles. The van der Waals surface area contributed by atoms with Crippen molar-refractivity contribution in [2.24, 2.45) is 11.7 Å². The Hall–Kier alpha value is -1.26. The van der Waals surface area contributed by atoms with Crippen LogP contribution in [0.2, 0.25) is 0 Å². The van der Waals surface area contributed by atoms with Crippen molar-refractivity contribution in [1.82, 2.24) is 4.90 Å².